The molecule has 21 heavy (non-hydrogen) atoms. The van der Waals surface area contributed by atoms with Crippen LogP contribution in [0.2, 0.25) is 0 Å². The zero-order valence-corrected chi connectivity index (χ0v) is 12.0. The van der Waals surface area contributed by atoms with E-state index in [2.05, 4.69) is 0 Å². The van der Waals surface area contributed by atoms with Crippen molar-refractivity contribution in [1.82, 2.24) is 0 Å². The van der Waals surface area contributed by atoms with Gasteiger partial charge >= 0.3 is 5.97 Å². The number of hydrogen-bond donors (Lipinski definition) is 1. The Kier molecular flexibility index (Phi) is 4.93. The highest BCUT2D eigenvalue weighted by Gasteiger charge is 2.33. The number of halogens is 1. The number of nitrogens with zero attached hydrogens (tertiary/aromatic N) is 1. The van der Waals surface area contributed by atoms with Crippen LogP contribution in [0.4, 0.5) is 10.1 Å². The van der Waals surface area contributed by atoms with E-state index in [0.717, 1.165) is 6.08 Å². The summed E-state index contributed by atoms with van der Waals surface area (Å²) in [6, 6.07) is 4.46. The lowest BCUT2D eigenvalue weighted by Crippen LogP contribution is -2.27. The summed E-state index contributed by atoms with van der Waals surface area (Å²) in [6.07, 6.45) is 2.21. The molecule has 1 heterocycles. The smallest absolute Gasteiger partial charge is 0.328 e. The second-order valence-electron chi connectivity index (χ2n) is 4.87. The fourth-order valence-corrected chi connectivity index (χ4v) is 2.45. The summed E-state index contributed by atoms with van der Waals surface area (Å²) in [5.74, 6) is -1.48. The monoisotopic (exact) mass is 295 g/mol. The Morgan fingerprint density at radius 1 is 1.29 bits per heavy atom. The van der Waals surface area contributed by atoms with Crippen molar-refractivity contribution in [3.8, 4) is 0 Å². The van der Waals surface area contributed by atoms with E-state index in [0.29, 0.717) is 24.3 Å². The van der Waals surface area contributed by atoms with Crippen LogP contribution in [0.3, 0.4) is 0 Å². The van der Waals surface area contributed by atoms with Gasteiger partial charge in [-0.25, -0.2) is 9.18 Å². The van der Waals surface area contributed by atoms with Crippen LogP contribution < -0.4 is 4.90 Å². The molecule has 0 aromatic heterocycles. The molecule has 1 fully saturated rings. The maximum Gasteiger partial charge on any atom is 0.328 e. The maximum atomic E-state index is 13.7. The number of hydrogen-bond acceptors (Lipinski definition) is 4. The van der Waals surface area contributed by atoms with Crippen LogP contribution in [0.25, 0.3) is 6.08 Å². The highest BCUT2D eigenvalue weighted by Crippen LogP contribution is 2.25. The first-order chi connectivity index (χ1) is 10.0. The van der Waals surface area contributed by atoms with Crippen LogP contribution in [-0.2, 0) is 14.3 Å². The van der Waals surface area contributed by atoms with E-state index >= 15 is 0 Å². The summed E-state index contributed by atoms with van der Waals surface area (Å²) >= 11 is 0. The third kappa shape index (κ3) is 3.80. The third-order valence-corrected chi connectivity index (χ3v) is 3.51. The minimum absolute atomic E-state index is 0.0729. The first-order valence-electron chi connectivity index (χ1n) is 6.55. The molecular formula is C15H18FNO4. The van der Waals surface area contributed by atoms with E-state index in [1.54, 1.807) is 20.3 Å². The molecule has 0 radical (unpaired) electrons. The van der Waals surface area contributed by atoms with Gasteiger partial charge in [0.25, 0.3) is 0 Å². The van der Waals surface area contributed by atoms with Crippen molar-refractivity contribution in [2.24, 2.45) is 0 Å². The third-order valence-electron chi connectivity index (χ3n) is 3.51. The molecule has 2 atom stereocenters. The molecule has 114 valence electrons. The van der Waals surface area contributed by atoms with Crippen molar-refractivity contribution in [3.63, 3.8) is 0 Å². The van der Waals surface area contributed by atoms with Gasteiger partial charge in [0.1, 0.15) is 18.0 Å². The van der Waals surface area contributed by atoms with Crippen LogP contribution in [0, 0.1) is 5.82 Å². The second kappa shape index (κ2) is 6.69. The maximum absolute atomic E-state index is 13.7. The zero-order valence-electron chi connectivity index (χ0n) is 12.0. The number of rotatable bonds is 5. The van der Waals surface area contributed by atoms with Crippen molar-refractivity contribution >= 4 is 17.7 Å². The lowest BCUT2D eigenvalue weighted by Gasteiger charge is -2.18. The SMILES string of the molecule is COC1CN(c2cc(F)cc(/C=C/C(=O)O)c2)CC1OC. The topological polar surface area (TPSA) is 59.0 Å². The first-order valence-corrected chi connectivity index (χ1v) is 6.55. The summed E-state index contributed by atoms with van der Waals surface area (Å²) in [7, 11) is 3.24. The Labute approximate surface area is 122 Å². The van der Waals surface area contributed by atoms with E-state index < -0.39 is 11.8 Å². The van der Waals surface area contributed by atoms with E-state index in [9.17, 15) is 9.18 Å². The number of methoxy groups -OCH3 is 2. The Bertz CT molecular complexity index is 534. The van der Waals surface area contributed by atoms with Crippen LogP contribution >= 0.6 is 0 Å². The standard InChI is InChI=1S/C15H18FNO4/c1-20-13-8-17(9-14(13)21-2)12-6-10(3-4-15(18)19)5-11(16)7-12/h3-7,13-14H,8-9H2,1-2H3,(H,18,19)/b4-3+. The fraction of sp³-hybridized carbons (Fsp3) is 0.400. The van der Waals surface area contributed by atoms with Gasteiger partial charge in [-0.3, -0.25) is 0 Å². The van der Waals surface area contributed by atoms with Gasteiger partial charge in [-0.15, -0.1) is 0 Å². The van der Waals surface area contributed by atoms with Crippen molar-refractivity contribution in [1.29, 1.82) is 0 Å². The van der Waals surface area contributed by atoms with E-state index in [4.69, 9.17) is 14.6 Å². The van der Waals surface area contributed by atoms with Crippen molar-refractivity contribution in [2.75, 3.05) is 32.2 Å². The summed E-state index contributed by atoms with van der Waals surface area (Å²) in [5, 5.41) is 8.63. The molecule has 1 aromatic rings. The predicted octanol–water partition coefficient (Wildman–Crippen LogP) is 1.77. The molecule has 5 nitrogen and oxygen atoms in total. The largest absolute Gasteiger partial charge is 0.478 e. The molecule has 0 amide bonds. The molecule has 0 saturated carbocycles. The summed E-state index contributed by atoms with van der Waals surface area (Å²) < 4.78 is 24.4. The van der Waals surface area contributed by atoms with Crippen molar-refractivity contribution in [2.45, 2.75) is 12.2 Å². The van der Waals surface area contributed by atoms with Crippen molar-refractivity contribution < 1.29 is 23.8 Å². The molecule has 1 aromatic carbocycles. The molecule has 6 heteroatoms. The predicted molar refractivity (Wildman–Crippen MR) is 76.9 cm³/mol. The van der Waals surface area contributed by atoms with Crippen molar-refractivity contribution in [3.05, 3.63) is 35.7 Å². The number of ether oxygens (including phenoxy) is 2. The molecule has 1 aliphatic heterocycles. The fourth-order valence-electron chi connectivity index (χ4n) is 2.45. The summed E-state index contributed by atoms with van der Waals surface area (Å²) in [5.41, 5.74) is 1.18. The number of aliphatic carboxylic acids is 1. The Morgan fingerprint density at radius 2 is 1.90 bits per heavy atom. The molecule has 0 bridgehead atoms. The second-order valence-corrected chi connectivity index (χ2v) is 4.87. The molecule has 0 spiro atoms. The zero-order chi connectivity index (χ0) is 15.4. The Hall–Kier alpha value is -1.92. The number of anilines is 1. The van der Waals surface area contributed by atoms with Gasteiger partial charge in [0.15, 0.2) is 0 Å². The van der Waals surface area contributed by atoms with E-state index in [-0.39, 0.29) is 12.2 Å². The number of carbonyl (C=O) groups is 1. The van der Waals surface area contributed by atoms with Crippen LogP contribution in [0.1, 0.15) is 5.56 Å². The number of benzene rings is 1. The van der Waals surface area contributed by atoms with E-state index in [1.807, 2.05) is 4.90 Å². The van der Waals surface area contributed by atoms with E-state index in [1.165, 1.54) is 18.2 Å². The quantitative estimate of drug-likeness (QED) is 0.839. The molecule has 2 rings (SSSR count). The molecular weight excluding hydrogens is 277 g/mol. The van der Waals surface area contributed by atoms with Gasteiger partial charge in [0.2, 0.25) is 0 Å². The average molecular weight is 295 g/mol. The highest BCUT2D eigenvalue weighted by atomic mass is 19.1. The normalized spacial score (nSPS) is 22.1. The Morgan fingerprint density at radius 3 is 2.43 bits per heavy atom. The number of carboxylic acids is 1. The Balaban J connectivity index is 2.22. The van der Waals surface area contributed by atoms with Gasteiger partial charge in [0.05, 0.1) is 0 Å². The average Bonchev–Trinajstić information content (AvgIpc) is 2.88. The van der Waals surface area contributed by atoms with Gasteiger partial charge in [-0.1, -0.05) is 0 Å². The molecule has 1 aliphatic rings. The highest BCUT2D eigenvalue weighted by molar-refractivity contribution is 5.85. The molecule has 1 N–H and O–H groups in total. The van der Waals surface area contributed by atoms with Gasteiger partial charge in [-0.2, -0.15) is 0 Å². The minimum atomic E-state index is -1.07. The van der Waals surface area contributed by atoms with Gasteiger partial charge < -0.3 is 19.5 Å². The van der Waals surface area contributed by atoms with Crippen LogP contribution in [-0.4, -0.2) is 50.6 Å². The molecule has 1 saturated heterocycles. The minimum Gasteiger partial charge on any atom is -0.478 e. The lowest BCUT2D eigenvalue weighted by molar-refractivity contribution is -0.131. The van der Waals surface area contributed by atoms with Crippen LogP contribution in [0.5, 0.6) is 0 Å². The summed E-state index contributed by atoms with van der Waals surface area (Å²) in [6.45, 7) is 1.20. The lowest BCUT2D eigenvalue weighted by atomic mass is 10.1. The molecule has 2 unspecified atom stereocenters. The first kappa shape index (κ1) is 15.5. The van der Waals surface area contributed by atoms with Crippen LogP contribution in [0.15, 0.2) is 24.3 Å². The molecule has 0 aliphatic carbocycles. The number of carboxylic acid groups (broad SMARTS) is 1. The summed E-state index contributed by atoms with van der Waals surface area (Å²) in [4.78, 5) is 12.5. The van der Waals surface area contributed by atoms with Gasteiger partial charge in [-0.05, 0) is 29.8 Å². The van der Waals surface area contributed by atoms with Gasteiger partial charge in [0, 0.05) is 39.1 Å².